The standard InChI is InChI=1S/C14H16F3NOS/c1-2-8-19-12-3-4-13-11(10-12)5-6-18(13)7-9-20-14(15,16)17/h3-6,10H,2,7-9H2,1H3. The Bertz CT molecular complexity index is 565. The van der Waals surface area contributed by atoms with E-state index >= 15 is 0 Å². The van der Waals surface area contributed by atoms with Gasteiger partial charge in [0.25, 0.3) is 0 Å². The van der Waals surface area contributed by atoms with Crippen LogP contribution in [0.2, 0.25) is 0 Å². The summed E-state index contributed by atoms with van der Waals surface area (Å²) in [5.74, 6) is 0.809. The van der Waals surface area contributed by atoms with E-state index in [-0.39, 0.29) is 17.5 Å². The normalized spacial score (nSPS) is 12.0. The first kappa shape index (κ1) is 15.1. The molecule has 0 spiro atoms. The lowest BCUT2D eigenvalue weighted by molar-refractivity contribution is -0.0328. The van der Waals surface area contributed by atoms with Crippen molar-refractivity contribution in [3.63, 3.8) is 0 Å². The SMILES string of the molecule is CCCOc1ccc2c(ccn2CCSC(F)(F)F)c1. The summed E-state index contributed by atoms with van der Waals surface area (Å²) in [6, 6.07) is 7.55. The molecule has 0 amide bonds. The average Bonchev–Trinajstić information content (AvgIpc) is 2.77. The molecule has 0 atom stereocenters. The minimum atomic E-state index is -4.16. The van der Waals surface area contributed by atoms with Crippen molar-refractivity contribution in [3.05, 3.63) is 30.5 Å². The van der Waals surface area contributed by atoms with E-state index in [0.717, 1.165) is 23.1 Å². The number of ether oxygens (including phenoxy) is 1. The Morgan fingerprint density at radius 1 is 1.25 bits per heavy atom. The Balaban J connectivity index is 2.04. The second-order valence-corrected chi connectivity index (χ2v) is 5.53. The van der Waals surface area contributed by atoms with E-state index < -0.39 is 5.51 Å². The molecule has 1 aromatic carbocycles. The molecule has 6 heteroatoms. The summed E-state index contributed by atoms with van der Waals surface area (Å²) in [5, 5.41) is 0.982. The van der Waals surface area contributed by atoms with E-state index in [1.165, 1.54) is 0 Å². The van der Waals surface area contributed by atoms with E-state index in [1.807, 2.05) is 42.0 Å². The molecule has 1 aromatic heterocycles. The van der Waals surface area contributed by atoms with Crippen LogP contribution in [0.1, 0.15) is 13.3 Å². The molecule has 110 valence electrons. The highest BCUT2D eigenvalue weighted by molar-refractivity contribution is 8.00. The number of benzene rings is 1. The first-order valence-corrected chi connectivity index (χ1v) is 7.40. The van der Waals surface area contributed by atoms with Gasteiger partial charge in [0, 0.05) is 29.4 Å². The van der Waals surface area contributed by atoms with Crippen molar-refractivity contribution in [2.75, 3.05) is 12.4 Å². The number of rotatable bonds is 6. The zero-order valence-electron chi connectivity index (χ0n) is 11.1. The highest BCUT2D eigenvalue weighted by Crippen LogP contribution is 2.30. The van der Waals surface area contributed by atoms with Crippen LogP contribution in [0, 0.1) is 0 Å². The second kappa shape index (κ2) is 6.43. The molecule has 20 heavy (non-hydrogen) atoms. The summed E-state index contributed by atoms with van der Waals surface area (Å²) >= 11 is 0.00909. The Morgan fingerprint density at radius 3 is 2.75 bits per heavy atom. The van der Waals surface area contributed by atoms with Crippen LogP contribution >= 0.6 is 11.8 Å². The molecule has 0 bridgehead atoms. The smallest absolute Gasteiger partial charge is 0.441 e. The predicted octanol–water partition coefficient (Wildman–Crippen LogP) is 4.68. The first-order valence-electron chi connectivity index (χ1n) is 6.42. The fourth-order valence-corrected chi connectivity index (χ4v) is 2.46. The quantitative estimate of drug-likeness (QED) is 0.769. The molecule has 0 N–H and O–H groups in total. The molecule has 2 aromatic rings. The zero-order chi connectivity index (χ0) is 14.6. The number of fused-ring (bicyclic) bond motifs is 1. The van der Waals surface area contributed by atoms with Crippen LogP contribution in [0.15, 0.2) is 30.5 Å². The van der Waals surface area contributed by atoms with Crippen molar-refractivity contribution in [2.45, 2.75) is 25.4 Å². The number of hydrogen-bond donors (Lipinski definition) is 0. The fraction of sp³-hybridized carbons (Fsp3) is 0.429. The van der Waals surface area contributed by atoms with Crippen LogP contribution in [-0.2, 0) is 6.54 Å². The van der Waals surface area contributed by atoms with E-state index in [0.29, 0.717) is 13.2 Å². The lowest BCUT2D eigenvalue weighted by atomic mass is 10.2. The summed E-state index contributed by atoms with van der Waals surface area (Å²) in [6.07, 6.45) is 2.75. The van der Waals surface area contributed by atoms with Crippen LogP contribution in [0.25, 0.3) is 10.9 Å². The Kier molecular flexibility index (Phi) is 4.86. The van der Waals surface area contributed by atoms with Crippen LogP contribution < -0.4 is 4.74 Å². The van der Waals surface area contributed by atoms with E-state index in [1.54, 1.807) is 0 Å². The summed E-state index contributed by atoms with van der Waals surface area (Å²) in [4.78, 5) is 0. The summed E-state index contributed by atoms with van der Waals surface area (Å²) in [6.45, 7) is 3.03. The van der Waals surface area contributed by atoms with Gasteiger partial charge in [-0.2, -0.15) is 13.2 Å². The molecule has 0 saturated heterocycles. The van der Waals surface area contributed by atoms with Crippen molar-refractivity contribution in [1.29, 1.82) is 0 Å². The molecule has 0 fully saturated rings. The monoisotopic (exact) mass is 303 g/mol. The van der Waals surface area contributed by atoms with E-state index in [9.17, 15) is 13.2 Å². The van der Waals surface area contributed by atoms with Crippen molar-refractivity contribution < 1.29 is 17.9 Å². The van der Waals surface area contributed by atoms with Gasteiger partial charge < -0.3 is 9.30 Å². The lowest BCUT2D eigenvalue weighted by Crippen LogP contribution is -2.06. The number of aryl methyl sites for hydroxylation is 1. The van der Waals surface area contributed by atoms with Crippen molar-refractivity contribution >= 4 is 22.7 Å². The average molecular weight is 303 g/mol. The molecule has 2 rings (SSSR count). The van der Waals surface area contributed by atoms with Crippen LogP contribution in [0.5, 0.6) is 5.75 Å². The predicted molar refractivity (Wildman–Crippen MR) is 76.2 cm³/mol. The fourth-order valence-electron chi connectivity index (χ4n) is 1.94. The largest absolute Gasteiger partial charge is 0.494 e. The van der Waals surface area contributed by atoms with Crippen molar-refractivity contribution in [3.8, 4) is 5.75 Å². The summed E-state index contributed by atoms with van der Waals surface area (Å²) < 4.78 is 43.7. The molecular weight excluding hydrogens is 287 g/mol. The third-order valence-corrected chi connectivity index (χ3v) is 3.53. The molecule has 0 aliphatic carbocycles. The number of aromatic nitrogens is 1. The highest BCUT2D eigenvalue weighted by atomic mass is 32.2. The molecule has 0 saturated carbocycles. The van der Waals surface area contributed by atoms with E-state index in [2.05, 4.69) is 0 Å². The van der Waals surface area contributed by atoms with Gasteiger partial charge in [-0.05, 0) is 42.4 Å². The van der Waals surface area contributed by atoms with Crippen molar-refractivity contribution in [2.24, 2.45) is 0 Å². The van der Waals surface area contributed by atoms with Crippen LogP contribution in [0.3, 0.4) is 0 Å². The van der Waals surface area contributed by atoms with Gasteiger partial charge in [-0.15, -0.1) is 0 Å². The third-order valence-electron chi connectivity index (χ3n) is 2.81. The van der Waals surface area contributed by atoms with Gasteiger partial charge in [0.05, 0.1) is 6.61 Å². The maximum atomic E-state index is 12.1. The van der Waals surface area contributed by atoms with E-state index in [4.69, 9.17) is 4.74 Å². The maximum Gasteiger partial charge on any atom is 0.441 e. The highest BCUT2D eigenvalue weighted by Gasteiger charge is 2.27. The van der Waals surface area contributed by atoms with Gasteiger partial charge in [0.2, 0.25) is 0 Å². The molecule has 0 unspecified atom stereocenters. The molecule has 1 heterocycles. The Labute approximate surface area is 119 Å². The number of halogens is 3. The minimum absolute atomic E-state index is 0.00909. The molecular formula is C14H16F3NOS. The molecule has 0 aliphatic rings. The number of thioether (sulfide) groups is 1. The lowest BCUT2D eigenvalue weighted by Gasteiger charge is -2.08. The summed E-state index contributed by atoms with van der Waals surface area (Å²) in [7, 11) is 0. The van der Waals surface area contributed by atoms with Gasteiger partial charge in [-0.3, -0.25) is 0 Å². The topological polar surface area (TPSA) is 14.2 Å². The minimum Gasteiger partial charge on any atom is -0.494 e. The second-order valence-electron chi connectivity index (χ2n) is 4.37. The summed E-state index contributed by atoms with van der Waals surface area (Å²) in [5.41, 5.74) is -3.24. The Hall–Kier alpha value is -1.30. The van der Waals surface area contributed by atoms with Gasteiger partial charge in [0.15, 0.2) is 0 Å². The van der Waals surface area contributed by atoms with Gasteiger partial charge in [-0.1, -0.05) is 6.92 Å². The number of nitrogens with zero attached hydrogens (tertiary/aromatic N) is 1. The third kappa shape index (κ3) is 4.10. The number of alkyl halides is 3. The molecule has 2 nitrogen and oxygen atoms in total. The zero-order valence-corrected chi connectivity index (χ0v) is 11.9. The number of hydrogen-bond acceptors (Lipinski definition) is 2. The molecule has 0 radical (unpaired) electrons. The van der Waals surface area contributed by atoms with Gasteiger partial charge >= 0.3 is 5.51 Å². The van der Waals surface area contributed by atoms with Gasteiger partial charge in [-0.25, -0.2) is 0 Å². The van der Waals surface area contributed by atoms with Crippen LogP contribution in [-0.4, -0.2) is 22.4 Å². The van der Waals surface area contributed by atoms with Crippen molar-refractivity contribution in [1.82, 2.24) is 4.57 Å². The van der Waals surface area contributed by atoms with Gasteiger partial charge in [0.1, 0.15) is 5.75 Å². The van der Waals surface area contributed by atoms with Crippen LogP contribution in [0.4, 0.5) is 13.2 Å². The Morgan fingerprint density at radius 2 is 2.05 bits per heavy atom. The molecule has 0 aliphatic heterocycles. The maximum absolute atomic E-state index is 12.1. The first-order chi connectivity index (χ1) is 9.49.